The molecule has 0 aliphatic heterocycles. The number of carbonyl (C=O) groups excluding carboxylic acids is 1. The quantitative estimate of drug-likeness (QED) is 0.670. The average Bonchev–Trinajstić information content (AvgIpc) is 2.99. The zero-order valence-corrected chi connectivity index (χ0v) is 15.8. The molecule has 0 fully saturated rings. The molecule has 140 valence electrons. The first-order valence-electron chi connectivity index (χ1n) is 8.23. The number of aromatic nitrogens is 1. The Kier molecular flexibility index (Phi) is 5.08. The Morgan fingerprint density at radius 1 is 1.15 bits per heavy atom. The SMILES string of the molecule is Cc1cccc(-c2sc(NC(=O)c3c(F)cccc3F)nc2C(C)(C)O)c1. The third-order valence-electron chi connectivity index (χ3n) is 3.90. The lowest BCUT2D eigenvalue weighted by atomic mass is 10.0. The van der Waals surface area contributed by atoms with Crippen LogP contribution in [0.5, 0.6) is 0 Å². The molecule has 2 N–H and O–H groups in total. The summed E-state index contributed by atoms with van der Waals surface area (Å²) in [5.41, 5.74) is 0.308. The predicted molar refractivity (Wildman–Crippen MR) is 102 cm³/mol. The molecule has 2 aromatic carbocycles. The van der Waals surface area contributed by atoms with Gasteiger partial charge in [0.05, 0.1) is 10.6 Å². The number of anilines is 1. The molecule has 0 saturated carbocycles. The maximum atomic E-state index is 13.8. The van der Waals surface area contributed by atoms with Gasteiger partial charge in [-0.05, 0) is 38.5 Å². The minimum atomic E-state index is -1.26. The number of benzene rings is 2. The number of halogens is 2. The molecule has 4 nitrogen and oxygen atoms in total. The van der Waals surface area contributed by atoms with Gasteiger partial charge in [0.15, 0.2) is 5.13 Å². The molecular weight excluding hydrogens is 370 g/mol. The smallest absolute Gasteiger partial charge is 0.263 e. The fourth-order valence-electron chi connectivity index (χ4n) is 2.64. The summed E-state index contributed by atoms with van der Waals surface area (Å²) in [5, 5.41) is 13.0. The molecule has 0 spiro atoms. The highest BCUT2D eigenvalue weighted by atomic mass is 32.1. The number of hydrogen-bond acceptors (Lipinski definition) is 4. The highest BCUT2D eigenvalue weighted by Crippen LogP contribution is 2.38. The summed E-state index contributed by atoms with van der Waals surface area (Å²) >= 11 is 1.13. The summed E-state index contributed by atoms with van der Waals surface area (Å²) in [6, 6.07) is 10.8. The van der Waals surface area contributed by atoms with Crippen LogP contribution in [0.1, 0.15) is 35.5 Å². The number of amides is 1. The van der Waals surface area contributed by atoms with Crippen LogP contribution in [0.2, 0.25) is 0 Å². The van der Waals surface area contributed by atoms with Crippen molar-refractivity contribution in [3.8, 4) is 10.4 Å². The molecule has 0 radical (unpaired) electrons. The molecule has 1 aromatic heterocycles. The van der Waals surface area contributed by atoms with E-state index in [1.54, 1.807) is 13.8 Å². The van der Waals surface area contributed by atoms with Gasteiger partial charge in [0.1, 0.15) is 22.8 Å². The summed E-state index contributed by atoms with van der Waals surface area (Å²) in [6.45, 7) is 5.12. The molecule has 0 aliphatic carbocycles. The lowest BCUT2D eigenvalue weighted by Gasteiger charge is -2.16. The molecule has 1 amide bonds. The Morgan fingerprint density at radius 2 is 1.78 bits per heavy atom. The van der Waals surface area contributed by atoms with Crippen LogP contribution in [0.3, 0.4) is 0 Å². The summed E-state index contributed by atoms with van der Waals surface area (Å²) in [5.74, 6) is -2.84. The Hall–Kier alpha value is -2.64. The Balaban J connectivity index is 2.01. The van der Waals surface area contributed by atoms with Gasteiger partial charge in [0.25, 0.3) is 5.91 Å². The van der Waals surface area contributed by atoms with Crippen molar-refractivity contribution >= 4 is 22.4 Å². The largest absolute Gasteiger partial charge is 0.384 e. The van der Waals surface area contributed by atoms with E-state index in [4.69, 9.17) is 0 Å². The van der Waals surface area contributed by atoms with E-state index in [0.29, 0.717) is 10.6 Å². The first kappa shape index (κ1) is 19.1. The van der Waals surface area contributed by atoms with Crippen molar-refractivity contribution in [2.75, 3.05) is 5.32 Å². The molecule has 0 bridgehead atoms. The van der Waals surface area contributed by atoms with Gasteiger partial charge in [-0.3, -0.25) is 10.1 Å². The van der Waals surface area contributed by atoms with E-state index in [9.17, 15) is 18.7 Å². The maximum absolute atomic E-state index is 13.8. The standard InChI is InChI=1S/C20H18F2N2O2S/c1-11-6-4-7-12(10-11)16-17(20(2,3)26)23-19(27-16)24-18(25)15-13(21)8-5-9-14(15)22/h4-10,26H,1-3H3,(H,23,24,25). The molecule has 0 aliphatic rings. The van der Waals surface area contributed by atoms with E-state index in [1.807, 2.05) is 31.2 Å². The number of aliphatic hydroxyl groups is 1. The number of thiazole rings is 1. The molecule has 0 atom stereocenters. The summed E-state index contributed by atoms with van der Waals surface area (Å²) < 4.78 is 27.7. The number of aryl methyl sites for hydroxylation is 1. The van der Waals surface area contributed by atoms with Gasteiger partial charge in [-0.2, -0.15) is 0 Å². The highest BCUT2D eigenvalue weighted by molar-refractivity contribution is 7.19. The lowest BCUT2D eigenvalue weighted by molar-refractivity contribution is 0.0751. The van der Waals surface area contributed by atoms with Gasteiger partial charge in [0, 0.05) is 0 Å². The summed E-state index contributed by atoms with van der Waals surface area (Å²) in [6.07, 6.45) is 0. The minimum Gasteiger partial charge on any atom is -0.384 e. The van der Waals surface area contributed by atoms with Crippen LogP contribution in [0.15, 0.2) is 42.5 Å². The number of hydrogen-bond donors (Lipinski definition) is 2. The number of carbonyl (C=O) groups is 1. The fraction of sp³-hybridized carbons (Fsp3) is 0.200. The molecule has 3 aromatic rings. The van der Waals surface area contributed by atoms with Crippen LogP contribution in [-0.2, 0) is 5.60 Å². The van der Waals surface area contributed by atoms with Crippen LogP contribution < -0.4 is 5.32 Å². The number of rotatable bonds is 4. The van der Waals surface area contributed by atoms with Gasteiger partial charge in [-0.1, -0.05) is 47.2 Å². The van der Waals surface area contributed by atoms with Crippen molar-refractivity contribution in [2.45, 2.75) is 26.4 Å². The van der Waals surface area contributed by atoms with E-state index in [0.717, 1.165) is 34.6 Å². The normalized spacial score (nSPS) is 11.5. The van der Waals surface area contributed by atoms with Crippen molar-refractivity contribution in [3.63, 3.8) is 0 Å². The Labute approximate surface area is 159 Å². The zero-order chi connectivity index (χ0) is 19.8. The second-order valence-electron chi connectivity index (χ2n) is 6.68. The minimum absolute atomic E-state index is 0.149. The van der Waals surface area contributed by atoms with Crippen LogP contribution >= 0.6 is 11.3 Å². The number of nitrogens with one attached hydrogen (secondary N) is 1. The molecular formula is C20H18F2N2O2S. The van der Waals surface area contributed by atoms with Crippen molar-refractivity contribution < 1.29 is 18.7 Å². The van der Waals surface area contributed by atoms with Crippen LogP contribution in [-0.4, -0.2) is 16.0 Å². The molecule has 3 rings (SSSR count). The summed E-state index contributed by atoms with van der Waals surface area (Å²) in [4.78, 5) is 17.3. The first-order chi connectivity index (χ1) is 12.7. The van der Waals surface area contributed by atoms with E-state index in [-0.39, 0.29) is 5.13 Å². The Morgan fingerprint density at radius 3 is 2.37 bits per heavy atom. The molecule has 7 heteroatoms. The van der Waals surface area contributed by atoms with Crippen LogP contribution in [0.4, 0.5) is 13.9 Å². The van der Waals surface area contributed by atoms with E-state index in [1.165, 1.54) is 6.07 Å². The van der Waals surface area contributed by atoms with Gasteiger partial charge < -0.3 is 5.11 Å². The Bertz CT molecular complexity index is 989. The van der Waals surface area contributed by atoms with Gasteiger partial charge in [0.2, 0.25) is 0 Å². The van der Waals surface area contributed by atoms with Gasteiger partial charge in [-0.25, -0.2) is 13.8 Å². The zero-order valence-electron chi connectivity index (χ0n) is 15.0. The van der Waals surface area contributed by atoms with Gasteiger partial charge >= 0.3 is 0 Å². The van der Waals surface area contributed by atoms with Crippen molar-refractivity contribution in [3.05, 3.63) is 70.9 Å². The van der Waals surface area contributed by atoms with Crippen LogP contribution in [0.25, 0.3) is 10.4 Å². The molecule has 0 unspecified atom stereocenters. The van der Waals surface area contributed by atoms with Crippen LogP contribution in [0, 0.1) is 18.6 Å². The van der Waals surface area contributed by atoms with E-state index >= 15 is 0 Å². The topological polar surface area (TPSA) is 62.2 Å². The van der Waals surface area contributed by atoms with Crippen molar-refractivity contribution in [1.82, 2.24) is 4.98 Å². The molecule has 27 heavy (non-hydrogen) atoms. The van der Waals surface area contributed by atoms with E-state index < -0.39 is 28.7 Å². The predicted octanol–water partition coefficient (Wildman–Crippen LogP) is 4.88. The first-order valence-corrected chi connectivity index (χ1v) is 9.04. The molecule has 1 heterocycles. The second kappa shape index (κ2) is 7.17. The fourth-order valence-corrected chi connectivity index (χ4v) is 3.76. The van der Waals surface area contributed by atoms with E-state index in [2.05, 4.69) is 10.3 Å². The molecule has 0 saturated heterocycles. The number of nitrogens with zero attached hydrogens (tertiary/aromatic N) is 1. The van der Waals surface area contributed by atoms with Gasteiger partial charge in [-0.15, -0.1) is 0 Å². The highest BCUT2D eigenvalue weighted by Gasteiger charge is 2.27. The lowest BCUT2D eigenvalue weighted by Crippen LogP contribution is -2.18. The third kappa shape index (κ3) is 4.04. The van der Waals surface area contributed by atoms with Crippen molar-refractivity contribution in [1.29, 1.82) is 0 Å². The second-order valence-corrected chi connectivity index (χ2v) is 7.68. The monoisotopic (exact) mass is 388 g/mol. The maximum Gasteiger partial charge on any atom is 0.263 e. The third-order valence-corrected chi connectivity index (χ3v) is 4.92. The average molecular weight is 388 g/mol. The van der Waals surface area contributed by atoms with Crippen molar-refractivity contribution in [2.24, 2.45) is 0 Å². The summed E-state index contributed by atoms with van der Waals surface area (Å²) in [7, 11) is 0.